The molecule has 0 aliphatic carbocycles. The molecule has 3 nitrogen and oxygen atoms in total. The van der Waals surface area contributed by atoms with E-state index < -0.39 is 9.53 Å². The predicted octanol–water partition coefficient (Wildman–Crippen LogP) is 2.50. The van der Waals surface area contributed by atoms with Crippen molar-refractivity contribution in [1.82, 2.24) is 0 Å². The smallest absolute Gasteiger partial charge is 0.376 e. The van der Waals surface area contributed by atoms with Gasteiger partial charge in [0, 0.05) is 19.8 Å². The Bertz CT molecular complexity index is 178. The van der Waals surface area contributed by atoms with Gasteiger partial charge >= 0.3 is 9.53 Å². The normalized spacial score (nSPS) is 9.75. The van der Waals surface area contributed by atoms with Crippen LogP contribution in [0, 0.1) is 0 Å². The lowest BCUT2D eigenvalue weighted by atomic mass is 10.4. The van der Waals surface area contributed by atoms with Crippen LogP contribution < -0.4 is 0 Å². The van der Waals surface area contributed by atoms with Gasteiger partial charge in [0.2, 0.25) is 0 Å². The van der Waals surface area contributed by atoms with Gasteiger partial charge in [0.15, 0.2) is 0 Å². The molecule has 0 saturated carbocycles. The lowest BCUT2D eigenvalue weighted by Gasteiger charge is -2.12. The minimum absolute atomic E-state index is 0.677. The minimum atomic E-state index is -1.73. The molecule has 0 N–H and O–H groups in total. The lowest BCUT2D eigenvalue weighted by Crippen LogP contribution is -2.27. The molecule has 4 heteroatoms. The number of rotatable bonds is 6. The van der Waals surface area contributed by atoms with Crippen molar-refractivity contribution in [2.24, 2.45) is 0 Å². The topological polar surface area (TPSA) is 27.7 Å². The Labute approximate surface area is 100 Å². The van der Waals surface area contributed by atoms with Gasteiger partial charge < -0.3 is 13.3 Å². The molecule has 0 spiro atoms. The van der Waals surface area contributed by atoms with Crippen molar-refractivity contribution in [2.75, 3.05) is 19.8 Å². The summed E-state index contributed by atoms with van der Waals surface area (Å²) in [7, 11) is -1.73. The van der Waals surface area contributed by atoms with Crippen molar-refractivity contribution in [3.8, 4) is 0 Å². The summed E-state index contributed by atoms with van der Waals surface area (Å²) in [5, 5.41) is 0. The van der Waals surface area contributed by atoms with E-state index in [9.17, 15) is 0 Å². The van der Waals surface area contributed by atoms with E-state index in [0.717, 1.165) is 0 Å². The van der Waals surface area contributed by atoms with E-state index in [1.54, 1.807) is 0 Å². The third kappa shape index (κ3) is 9.86. The molecule has 0 fully saturated rings. The van der Waals surface area contributed by atoms with Crippen LogP contribution in [0.3, 0.4) is 0 Å². The van der Waals surface area contributed by atoms with Gasteiger partial charge in [0.25, 0.3) is 0 Å². The number of benzene rings is 1. The Morgan fingerprint density at radius 3 is 1.06 bits per heavy atom. The highest BCUT2D eigenvalue weighted by Gasteiger charge is 2.11. The molecule has 0 aliphatic heterocycles. The van der Waals surface area contributed by atoms with Crippen molar-refractivity contribution >= 4 is 9.53 Å². The summed E-state index contributed by atoms with van der Waals surface area (Å²) in [4.78, 5) is 0. The summed E-state index contributed by atoms with van der Waals surface area (Å²) in [6.07, 6.45) is 0. The van der Waals surface area contributed by atoms with Crippen molar-refractivity contribution in [3.05, 3.63) is 36.4 Å². The Morgan fingerprint density at radius 1 is 0.625 bits per heavy atom. The Balaban J connectivity index is 0.000000315. The maximum absolute atomic E-state index is 5.22. The van der Waals surface area contributed by atoms with E-state index in [0.29, 0.717) is 19.8 Å². The second-order valence-corrected chi connectivity index (χ2v) is 4.39. The summed E-state index contributed by atoms with van der Waals surface area (Å²) in [6, 6.07) is 12.0. The maximum Gasteiger partial charge on any atom is 0.484 e. The highest BCUT2D eigenvalue weighted by Crippen LogP contribution is 1.91. The first kappa shape index (κ1) is 15.3. The van der Waals surface area contributed by atoms with Crippen molar-refractivity contribution in [1.29, 1.82) is 0 Å². The molecule has 0 aromatic heterocycles. The van der Waals surface area contributed by atoms with Gasteiger partial charge in [-0.2, -0.15) is 0 Å². The highest BCUT2D eigenvalue weighted by atomic mass is 28.3. The first-order valence-corrected chi connectivity index (χ1v) is 7.11. The highest BCUT2D eigenvalue weighted by molar-refractivity contribution is 6.36. The summed E-state index contributed by atoms with van der Waals surface area (Å²) in [5.41, 5.74) is 0. The monoisotopic (exact) mass is 242 g/mol. The summed E-state index contributed by atoms with van der Waals surface area (Å²) < 4.78 is 15.7. The van der Waals surface area contributed by atoms with Crippen LogP contribution in [0.5, 0.6) is 0 Å². The van der Waals surface area contributed by atoms with Crippen molar-refractivity contribution in [2.45, 2.75) is 20.8 Å². The van der Waals surface area contributed by atoms with E-state index in [1.807, 2.05) is 57.2 Å². The van der Waals surface area contributed by atoms with Crippen LogP contribution in [0.4, 0.5) is 0 Å². The van der Waals surface area contributed by atoms with Crippen LogP contribution in [-0.4, -0.2) is 29.3 Å². The quantitative estimate of drug-likeness (QED) is 0.717. The zero-order valence-electron chi connectivity index (χ0n) is 10.4. The third-order valence-corrected chi connectivity index (χ3v) is 3.39. The average Bonchev–Trinajstić information content (AvgIpc) is 2.33. The van der Waals surface area contributed by atoms with Gasteiger partial charge in [0.1, 0.15) is 0 Å². The van der Waals surface area contributed by atoms with E-state index in [2.05, 4.69) is 0 Å². The van der Waals surface area contributed by atoms with Crippen LogP contribution in [-0.2, 0) is 13.3 Å². The van der Waals surface area contributed by atoms with Gasteiger partial charge in [-0.1, -0.05) is 36.4 Å². The first-order valence-electron chi connectivity index (χ1n) is 5.69. The maximum atomic E-state index is 5.22. The molecule has 1 aromatic carbocycles. The van der Waals surface area contributed by atoms with Gasteiger partial charge in [-0.3, -0.25) is 0 Å². The van der Waals surface area contributed by atoms with Crippen LogP contribution in [0.15, 0.2) is 36.4 Å². The third-order valence-electron chi connectivity index (χ3n) is 1.57. The van der Waals surface area contributed by atoms with Crippen LogP contribution in [0.25, 0.3) is 0 Å². The Kier molecular flexibility index (Phi) is 11.9. The predicted molar refractivity (Wildman–Crippen MR) is 68.5 cm³/mol. The standard InChI is InChI=1S/C6H16O3Si.C6H6/c1-4-7-10(8-5-2)9-6-3;1-2-4-6-5-3-1/h10H,4-6H2,1-3H3;1-6H. The summed E-state index contributed by atoms with van der Waals surface area (Å²) >= 11 is 0. The molecule has 0 saturated heterocycles. The van der Waals surface area contributed by atoms with E-state index in [-0.39, 0.29) is 0 Å². The molecule has 0 bridgehead atoms. The fraction of sp³-hybridized carbons (Fsp3) is 0.500. The fourth-order valence-electron chi connectivity index (χ4n) is 0.937. The number of hydrogen-bond acceptors (Lipinski definition) is 3. The summed E-state index contributed by atoms with van der Waals surface area (Å²) in [5.74, 6) is 0. The molecule has 16 heavy (non-hydrogen) atoms. The second-order valence-electron chi connectivity index (χ2n) is 2.81. The van der Waals surface area contributed by atoms with E-state index in [4.69, 9.17) is 13.3 Å². The molecule has 92 valence electrons. The number of hydrogen-bond donors (Lipinski definition) is 0. The van der Waals surface area contributed by atoms with Gasteiger partial charge in [-0.05, 0) is 20.8 Å². The Morgan fingerprint density at radius 2 is 0.875 bits per heavy atom. The van der Waals surface area contributed by atoms with Gasteiger partial charge in [-0.25, -0.2) is 0 Å². The zero-order chi connectivity index (χ0) is 12.1. The van der Waals surface area contributed by atoms with Crippen molar-refractivity contribution in [3.63, 3.8) is 0 Å². The van der Waals surface area contributed by atoms with Crippen LogP contribution >= 0.6 is 0 Å². The van der Waals surface area contributed by atoms with Crippen molar-refractivity contribution < 1.29 is 13.3 Å². The minimum Gasteiger partial charge on any atom is -0.376 e. The molecule has 0 radical (unpaired) electrons. The average molecular weight is 242 g/mol. The molecular formula is C12H22O3Si. The van der Waals surface area contributed by atoms with Crippen LogP contribution in [0.1, 0.15) is 20.8 Å². The molecule has 1 aromatic rings. The van der Waals surface area contributed by atoms with Gasteiger partial charge in [-0.15, -0.1) is 0 Å². The second kappa shape index (κ2) is 12.4. The lowest BCUT2D eigenvalue weighted by molar-refractivity contribution is 0.107. The molecule has 0 atom stereocenters. The molecule has 1 rings (SSSR count). The zero-order valence-corrected chi connectivity index (χ0v) is 11.5. The van der Waals surface area contributed by atoms with E-state index >= 15 is 0 Å². The van der Waals surface area contributed by atoms with Gasteiger partial charge in [0.05, 0.1) is 0 Å². The molecule has 0 unspecified atom stereocenters. The largest absolute Gasteiger partial charge is 0.484 e. The van der Waals surface area contributed by atoms with E-state index in [1.165, 1.54) is 0 Å². The fourth-order valence-corrected chi connectivity index (χ4v) is 2.04. The SMILES string of the molecule is CCO[SiH](OCC)OCC.c1ccccc1. The first-order chi connectivity index (χ1) is 7.85. The summed E-state index contributed by atoms with van der Waals surface area (Å²) in [6.45, 7) is 7.86. The molecule has 0 amide bonds. The molecule has 0 heterocycles. The Hall–Kier alpha value is -0.683. The van der Waals surface area contributed by atoms with Crippen LogP contribution in [0.2, 0.25) is 0 Å². The molecular weight excluding hydrogens is 220 g/mol. The molecule has 0 aliphatic rings.